The number of amides is 2. The summed E-state index contributed by atoms with van der Waals surface area (Å²) in [5.41, 5.74) is 0.961. The molecule has 0 radical (unpaired) electrons. The van der Waals surface area contributed by atoms with Crippen LogP contribution in [0.25, 0.3) is 0 Å². The molecule has 1 fully saturated rings. The van der Waals surface area contributed by atoms with Gasteiger partial charge in [0.15, 0.2) is 0 Å². The summed E-state index contributed by atoms with van der Waals surface area (Å²) in [5, 5.41) is 2.66. The third kappa shape index (κ3) is 5.21. The van der Waals surface area contributed by atoms with Crippen LogP contribution in [0, 0.1) is 12.8 Å². The van der Waals surface area contributed by atoms with Crippen molar-refractivity contribution in [2.24, 2.45) is 5.92 Å². The smallest absolute Gasteiger partial charge is 0.328 e. The fourth-order valence-corrected chi connectivity index (χ4v) is 3.70. The van der Waals surface area contributed by atoms with E-state index in [2.05, 4.69) is 21.9 Å². The number of piperidine rings is 1. The molecule has 1 aliphatic rings. The highest BCUT2D eigenvalue weighted by atomic mass is 32.2. The van der Waals surface area contributed by atoms with E-state index in [0.29, 0.717) is 6.54 Å². The number of benzene rings is 1. The summed E-state index contributed by atoms with van der Waals surface area (Å²) < 4.78 is 26.4. The molecule has 1 aromatic rings. The van der Waals surface area contributed by atoms with Gasteiger partial charge in [0.1, 0.15) is 0 Å². The number of sulfonamides is 1. The van der Waals surface area contributed by atoms with E-state index in [1.54, 1.807) is 12.1 Å². The van der Waals surface area contributed by atoms with Crippen molar-refractivity contribution in [3.63, 3.8) is 0 Å². The zero-order valence-electron chi connectivity index (χ0n) is 14.6. The summed E-state index contributed by atoms with van der Waals surface area (Å²) in [5.74, 6) is 0.754. The van der Waals surface area contributed by atoms with Crippen LogP contribution in [0.1, 0.15) is 32.3 Å². The predicted octanol–water partition coefficient (Wildman–Crippen LogP) is 2.10. The first-order valence-corrected chi connectivity index (χ1v) is 9.87. The first kappa shape index (κ1) is 18.7. The van der Waals surface area contributed by atoms with Crippen molar-refractivity contribution in [3.05, 3.63) is 29.8 Å². The number of hydrogen-bond donors (Lipinski definition) is 2. The van der Waals surface area contributed by atoms with E-state index in [1.165, 1.54) is 25.0 Å². The molecule has 2 amide bonds. The largest absolute Gasteiger partial charge is 0.336 e. The van der Waals surface area contributed by atoms with E-state index in [1.807, 2.05) is 13.8 Å². The number of nitrogens with one attached hydrogen (secondary N) is 2. The summed E-state index contributed by atoms with van der Waals surface area (Å²) in [6.45, 7) is 8.64. The lowest BCUT2D eigenvalue weighted by Crippen LogP contribution is -2.48. The number of rotatable bonds is 5. The van der Waals surface area contributed by atoms with Crippen LogP contribution in [0.15, 0.2) is 29.2 Å². The van der Waals surface area contributed by atoms with Crippen LogP contribution in [-0.2, 0) is 10.0 Å². The molecular formula is C17H27N3O3S. The normalized spacial score (nSPS) is 18.1. The molecule has 6 nitrogen and oxygen atoms in total. The van der Waals surface area contributed by atoms with Crippen LogP contribution in [0.4, 0.5) is 4.79 Å². The molecule has 7 heteroatoms. The maximum atomic E-state index is 12.2. The third-order valence-corrected chi connectivity index (χ3v) is 5.90. The number of hydrogen-bond acceptors (Lipinski definition) is 4. The van der Waals surface area contributed by atoms with Crippen molar-refractivity contribution in [2.75, 3.05) is 19.6 Å². The Morgan fingerprint density at radius 2 is 1.83 bits per heavy atom. The first-order chi connectivity index (χ1) is 11.3. The molecule has 24 heavy (non-hydrogen) atoms. The Hall–Kier alpha value is -1.60. The van der Waals surface area contributed by atoms with Crippen LogP contribution >= 0.6 is 0 Å². The van der Waals surface area contributed by atoms with E-state index in [-0.39, 0.29) is 10.9 Å². The van der Waals surface area contributed by atoms with Gasteiger partial charge < -0.3 is 5.32 Å². The summed E-state index contributed by atoms with van der Waals surface area (Å²) >= 11 is 0. The highest BCUT2D eigenvalue weighted by Crippen LogP contribution is 2.17. The minimum absolute atomic E-state index is 0.0846. The number of nitrogens with zero attached hydrogens (tertiary/aromatic N) is 1. The fraction of sp³-hybridized carbons (Fsp3) is 0.588. The van der Waals surface area contributed by atoms with Gasteiger partial charge >= 0.3 is 6.03 Å². The zero-order valence-corrected chi connectivity index (χ0v) is 15.4. The highest BCUT2D eigenvalue weighted by Gasteiger charge is 2.22. The quantitative estimate of drug-likeness (QED) is 0.850. The van der Waals surface area contributed by atoms with Gasteiger partial charge in [0.25, 0.3) is 10.0 Å². The number of aryl methyl sites for hydroxylation is 1. The van der Waals surface area contributed by atoms with E-state index in [0.717, 1.165) is 24.6 Å². The number of likely N-dealkylation sites (tertiary alicyclic amines) is 1. The molecule has 1 saturated heterocycles. The maximum absolute atomic E-state index is 12.2. The Morgan fingerprint density at radius 3 is 2.42 bits per heavy atom. The van der Waals surface area contributed by atoms with Crippen molar-refractivity contribution in [2.45, 2.75) is 44.6 Å². The van der Waals surface area contributed by atoms with Crippen LogP contribution in [-0.4, -0.2) is 45.0 Å². The maximum Gasteiger partial charge on any atom is 0.328 e. The molecule has 0 aliphatic carbocycles. The van der Waals surface area contributed by atoms with Crippen molar-refractivity contribution >= 4 is 16.1 Å². The van der Waals surface area contributed by atoms with Gasteiger partial charge in [-0.05, 0) is 57.8 Å². The van der Waals surface area contributed by atoms with Crippen LogP contribution < -0.4 is 10.0 Å². The average molecular weight is 353 g/mol. The fourth-order valence-electron chi connectivity index (χ4n) is 2.77. The number of urea groups is 1. The monoisotopic (exact) mass is 353 g/mol. The molecule has 2 rings (SSSR count). The van der Waals surface area contributed by atoms with Crippen LogP contribution in [0.2, 0.25) is 0 Å². The average Bonchev–Trinajstić information content (AvgIpc) is 2.53. The van der Waals surface area contributed by atoms with Gasteiger partial charge in [-0.3, -0.25) is 4.90 Å². The topological polar surface area (TPSA) is 78.5 Å². The molecule has 0 spiro atoms. The highest BCUT2D eigenvalue weighted by molar-refractivity contribution is 7.90. The number of carbonyl (C=O) groups is 1. The van der Waals surface area contributed by atoms with E-state index in [9.17, 15) is 13.2 Å². The first-order valence-electron chi connectivity index (χ1n) is 8.39. The Kier molecular flexibility index (Phi) is 6.23. The molecule has 0 bridgehead atoms. The van der Waals surface area contributed by atoms with Crippen LogP contribution in [0.5, 0.6) is 0 Å². The van der Waals surface area contributed by atoms with E-state index in [4.69, 9.17) is 0 Å². The minimum Gasteiger partial charge on any atom is -0.336 e. The zero-order chi connectivity index (χ0) is 17.7. The summed E-state index contributed by atoms with van der Waals surface area (Å²) in [6.07, 6.45) is 2.33. The van der Waals surface area contributed by atoms with Gasteiger partial charge in [-0.25, -0.2) is 17.9 Å². The molecular weight excluding hydrogens is 326 g/mol. The lowest BCUT2D eigenvalue weighted by atomic mass is 9.98. The molecule has 1 aromatic carbocycles. The van der Waals surface area contributed by atoms with Crippen molar-refractivity contribution in [1.82, 2.24) is 14.9 Å². The molecule has 1 aliphatic heterocycles. The SMILES string of the molecule is Cc1ccc(S(=O)(=O)NC(=O)NCC(C)N2CCC(C)CC2)cc1. The van der Waals surface area contributed by atoms with Gasteiger partial charge in [0.05, 0.1) is 4.90 Å². The number of carbonyl (C=O) groups excluding carboxylic acids is 1. The minimum atomic E-state index is -3.83. The summed E-state index contributed by atoms with van der Waals surface area (Å²) in [7, 11) is -3.83. The van der Waals surface area contributed by atoms with Crippen LogP contribution in [0.3, 0.4) is 0 Å². The van der Waals surface area contributed by atoms with Crippen molar-refractivity contribution in [1.29, 1.82) is 0 Å². The second-order valence-corrected chi connectivity index (χ2v) is 8.38. The molecule has 1 unspecified atom stereocenters. The molecule has 0 aromatic heterocycles. The Morgan fingerprint density at radius 1 is 1.25 bits per heavy atom. The van der Waals surface area contributed by atoms with Gasteiger partial charge in [-0.2, -0.15) is 0 Å². The Labute approximate surface area is 144 Å². The predicted molar refractivity (Wildman–Crippen MR) is 94.3 cm³/mol. The molecule has 1 atom stereocenters. The Bertz CT molecular complexity index is 650. The van der Waals surface area contributed by atoms with Gasteiger partial charge in [-0.15, -0.1) is 0 Å². The van der Waals surface area contributed by atoms with E-state index >= 15 is 0 Å². The molecule has 2 N–H and O–H groups in total. The van der Waals surface area contributed by atoms with Gasteiger partial charge in [0.2, 0.25) is 0 Å². The lowest BCUT2D eigenvalue weighted by molar-refractivity contribution is 0.145. The standard InChI is InChI=1S/C17H27N3O3S/c1-13-4-6-16(7-5-13)24(22,23)19-17(21)18-12-15(3)20-10-8-14(2)9-11-20/h4-7,14-15H,8-12H2,1-3H3,(H2,18,19,21). The van der Waals surface area contributed by atoms with Crippen molar-refractivity contribution < 1.29 is 13.2 Å². The second kappa shape index (κ2) is 7.98. The van der Waals surface area contributed by atoms with Gasteiger partial charge in [-0.1, -0.05) is 24.6 Å². The van der Waals surface area contributed by atoms with Crippen molar-refractivity contribution in [3.8, 4) is 0 Å². The lowest BCUT2D eigenvalue weighted by Gasteiger charge is -2.34. The molecule has 0 saturated carbocycles. The second-order valence-electron chi connectivity index (χ2n) is 6.70. The van der Waals surface area contributed by atoms with E-state index < -0.39 is 16.1 Å². The Balaban J connectivity index is 1.83. The third-order valence-electron chi connectivity index (χ3n) is 4.56. The summed E-state index contributed by atoms with van der Waals surface area (Å²) in [4.78, 5) is 14.3. The molecule has 134 valence electrons. The van der Waals surface area contributed by atoms with Gasteiger partial charge in [0, 0.05) is 12.6 Å². The molecule has 1 heterocycles. The summed E-state index contributed by atoms with van der Waals surface area (Å²) in [6, 6.07) is 5.88.